The van der Waals surface area contributed by atoms with E-state index in [4.69, 9.17) is 4.74 Å². The second-order valence-corrected chi connectivity index (χ2v) is 6.89. The average Bonchev–Trinajstić information content (AvgIpc) is 3.37. The molecule has 0 aliphatic carbocycles. The second kappa shape index (κ2) is 8.06. The molecule has 0 aliphatic heterocycles. The highest BCUT2D eigenvalue weighted by Gasteiger charge is 2.16. The van der Waals surface area contributed by atoms with Crippen LogP contribution < -0.4 is 4.80 Å². The van der Waals surface area contributed by atoms with Crippen molar-refractivity contribution in [3.8, 4) is 16.1 Å². The van der Waals surface area contributed by atoms with Crippen LogP contribution in [0.25, 0.3) is 16.1 Å². The maximum absolute atomic E-state index is 12.1. The molecule has 1 N–H and O–H groups in total. The normalized spacial score (nSPS) is 11.5. The number of rotatable bonds is 5. The zero-order valence-corrected chi connectivity index (χ0v) is 16.0. The van der Waals surface area contributed by atoms with Crippen molar-refractivity contribution in [2.75, 3.05) is 6.61 Å². The fourth-order valence-electron chi connectivity index (χ4n) is 2.75. The third-order valence-electron chi connectivity index (χ3n) is 4.05. The molecule has 2 heterocycles. The van der Waals surface area contributed by atoms with Gasteiger partial charge in [-0.3, -0.25) is 4.57 Å². The van der Waals surface area contributed by atoms with Crippen LogP contribution in [-0.2, 0) is 4.74 Å². The Labute approximate surface area is 165 Å². The zero-order chi connectivity index (χ0) is 19.3. The average molecular weight is 390 g/mol. The number of H-pyrrole nitrogens is 1. The van der Waals surface area contributed by atoms with Gasteiger partial charge in [0.25, 0.3) is 0 Å². The molecule has 0 spiro atoms. The fourth-order valence-corrected chi connectivity index (χ4v) is 3.75. The number of nitrogens with one attached hydrogen (secondary N) is 1. The summed E-state index contributed by atoms with van der Waals surface area (Å²) in [6.45, 7) is 2.05. The van der Waals surface area contributed by atoms with Crippen LogP contribution in [-0.4, -0.2) is 27.1 Å². The molecular weight excluding hydrogens is 372 g/mol. The molecule has 0 amide bonds. The van der Waals surface area contributed by atoms with E-state index < -0.39 is 5.97 Å². The third kappa shape index (κ3) is 3.65. The summed E-state index contributed by atoms with van der Waals surface area (Å²) in [5.74, 6) is -0.158. The van der Waals surface area contributed by atoms with Crippen LogP contribution in [0.4, 0.5) is 5.82 Å². The van der Waals surface area contributed by atoms with E-state index in [1.54, 1.807) is 6.92 Å². The van der Waals surface area contributed by atoms with Gasteiger partial charge in [-0.2, -0.15) is 4.99 Å². The third-order valence-corrected chi connectivity index (χ3v) is 5.08. The minimum absolute atomic E-state index is 0.246. The van der Waals surface area contributed by atoms with Crippen molar-refractivity contribution in [1.29, 1.82) is 0 Å². The SMILES string of the molecule is CCOC(=O)c1[nH]cnc1N=c1sc(-c2ccccc2)cn1-c1ccccc1. The van der Waals surface area contributed by atoms with Crippen LogP contribution in [0.2, 0.25) is 0 Å². The number of hydrogen-bond acceptors (Lipinski definition) is 5. The van der Waals surface area contributed by atoms with Gasteiger partial charge in [-0.1, -0.05) is 59.9 Å². The number of ether oxygens (including phenoxy) is 1. The molecule has 0 atom stereocenters. The number of hydrogen-bond donors (Lipinski definition) is 1. The summed E-state index contributed by atoms with van der Waals surface area (Å²) < 4.78 is 7.08. The van der Waals surface area contributed by atoms with E-state index in [0.29, 0.717) is 17.2 Å². The Morgan fingerprint density at radius 3 is 2.57 bits per heavy atom. The number of aromatic amines is 1. The first-order valence-electron chi connectivity index (χ1n) is 8.85. The van der Waals surface area contributed by atoms with E-state index in [1.165, 1.54) is 17.7 Å². The Morgan fingerprint density at radius 2 is 1.86 bits per heavy atom. The molecule has 140 valence electrons. The molecule has 7 heteroatoms. The summed E-state index contributed by atoms with van der Waals surface area (Å²) in [5, 5.41) is 0. The number of carbonyl (C=O) groups excluding carboxylic acids is 1. The Kier molecular flexibility index (Phi) is 5.16. The Bertz CT molecular complexity index is 1140. The van der Waals surface area contributed by atoms with Gasteiger partial charge in [-0.15, -0.1) is 0 Å². The number of aromatic nitrogens is 3. The molecule has 0 saturated carbocycles. The van der Waals surface area contributed by atoms with Gasteiger partial charge in [-0.05, 0) is 24.6 Å². The van der Waals surface area contributed by atoms with E-state index in [1.807, 2.05) is 59.3 Å². The molecular formula is C21H18N4O2S. The lowest BCUT2D eigenvalue weighted by atomic mass is 10.2. The highest BCUT2D eigenvalue weighted by Crippen LogP contribution is 2.24. The molecule has 0 unspecified atom stereocenters. The molecule has 4 rings (SSSR count). The first-order valence-corrected chi connectivity index (χ1v) is 9.66. The molecule has 0 aliphatic rings. The highest BCUT2D eigenvalue weighted by atomic mass is 32.1. The monoisotopic (exact) mass is 390 g/mol. The minimum atomic E-state index is -0.468. The van der Waals surface area contributed by atoms with Crippen molar-refractivity contribution in [3.05, 3.63) is 83.7 Å². The Balaban J connectivity index is 1.87. The van der Waals surface area contributed by atoms with Crippen molar-refractivity contribution in [1.82, 2.24) is 14.5 Å². The smallest absolute Gasteiger partial charge is 0.358 e. The Morgan fingerprint density at radius 1 is 1.14 bits per heavy atom. The molecule has 4 aromatic rings. The molecule has 2 aromatic carbocycles. The summed E-state index contributed by atoms with van der Waals surface area (Å²) in [6, 6.07) is 20.1. The summed E-state index contributed by atoms with van der Waals surface area (Å²) in [5.41, 5.74) is 2.33. The maximum atomic E-state index is 12.1. The molecule has 0 fully saturated rings. The van der Waals surface area contributed by atoms with Gasteiger partial charge in [0.15, 0.2) is 16.3 Å². The van der Waals surface area contributed by atoms with Gasteiger partial charge >= 0.3 is 5.97 Å². The first kappa shape index (κ1) is 17.9. The van der Waals surface area contributed by atoms with Gasteiger partial charge < -0.3 is 9.72 Å². The summed E-state index contributed by atoms with van der Waals surface area (Å²) >= 11 is 1.53. The van der Waals surface area contributed by atoms with E-state index in [-0.39, 0.29) is 5.69 Å². The van der Waals surface area contributed by atoms with Crippen LogP contribution in [0.5, 0.6) is 0 Å². The summed E-state index contributed by atoms with van der Waals surface area (Å²) in [6.07, 6.45) is 3.49. The lowest BCUT2D eigenvalue weighted by Crippen LogP contribution is -2.12. The zero-order valence-electron chi connectivity index (χ0n) is 15.2. The molecule has 0 radical (unpaired) electrons. The van der Waals surface area contributed by atoms with Crippen molar-refractivity contribution < 1.29 is 9.53 Å². The van der Waals surface area contributed by atoms with Crippen molar-refractivity contribution in [2.45, 2.75) is 6.92 Å². The van der Waals surface area contributed by atoms with Crippen LogP contribution in [0.1, 0.15) is 17.4 Å². The lowest BCUT2D eigenvalue weighted by Gasteiger charge is -2.02. The first-order chi connectivity index (χ1) is 13.8. The van der Waals surface area contributed by atoms with Crippen LogP contribution >= 0.6 is 11.3 Å². The molecule has 28 heavy (non-hydrogen) atoms. The van der Waals surface area contributed by atoms with Crippen LogP contribution in [0.3, 0.4) is 0 Å². The summed E-state index contributed by atoms with van der Waals surface area (Å²) in [4.78, 5) is 25.6. The number of thiazole rings is 1. The van der Waals surface area contributed by atoms with Crippen molar-refractivity contribution >= 4 is 23.1 Å². The quantitative estimate of drug-likeness (QED) is 0.515. The molecule has 6 nitrogen and oxygen atoms in total. The Hall–Kier alpha value is -3.45. The van der Waals surface area contributed by atoms with Gasteiger partial charge in [-0.25, -0.2) is 9.78 Å². The molecule has 0 bridgehead atoms. The van der Waals surface area contributed by atoms with Gasteiger partial charge in [0, 0.05) is 11.9 Å². The predicted octanol–water partition coefficient (Wildman–Crippen LogP) is 4.34. The fraction of sp³-hybridized carbons (Fsp3) is 0.0952. The van der Waals surface area contributed by atoms with Crippen molar-refractivity contribution in [3.63, 3.8) is 0 Å². The molecule has 2 aromatic heterocycles. The number of para-hydroxylation sites is 1. The maximum Gasteiger partial charge on any atom is 0.358 e. The van der Waals surface area contributed by atoms with Crippen LogP contribution in [0, 0.1) is 0 Å². The lowest BCUT2D eigenvalue weighted by molar-refractivity contribution is 0.0521. The van der Waals surface area contributed by atoms with E-state index in [0.717, 1.165) is 16.1 Å². The highest BCUT2D eigenvalue weighted by molar-refractivity contribution is 7.12. The number of nitrogens with zero attached hydrogens (tertiary/aromatic N) is 3. The van der Waals surface area contributed by atoms with E-state index in [9.17, 15) is 4.79 Å². The van der Waals surface area contributed by atoms with Gasteiger partial charge in [0.05, 0.1) is 17.8 Å². The number of esters is 1. The topological polar surface area (TPSA) is 72.3 Å². The van der Waals surface area contributed by atoms with Gasteiger partial charge in [0.2, 0.25) is 0 Å². The second-order valence-electron chi connectivity index (χ2n) is 5.88. The predicted molar refractivity (Wildman–Crippen MR) is 109 cm³/mol. The number of benzene rings is 2. The number of imidazole rings is 1. The minimum Gasteiger partial charge on any atom is -0.461 e. The largest absolute Gasteiger partial charge is 0.461 e. The van der Waals surface area contributed by atoms with Crippen LogP contribution in [0.15, 0.2) is 78.2 Å². The summed E-state index contributed by atoms with van der Waals surface area (Å²) in [7, 11) is 0. The standard InChI is InChI=1S/C21H18N4O2S/c1-2-27-20(26)18-19(23-14-22-18)24-21-25(16-11-7-4-8-12-16)13-17(28-21)15-9-5-3-6-10-15/h3-14H,2H2,1H3,(H,22,23). The van der Waals surface area contributed by atoms with Crippen molar-refractivity contribution in [2.24, 2.45) is 4.99 Å². The van der Waals surface area contributed by atoms with E-state index in [2.05, 4.69) is 27.1 Å². The molecule has 0 saturated heterocycles. The number of carbonyl (C=O) groups is 1. The van der Waals surface area contributed by atoms with Gasteiger partial charge in [0.1, 0.15) is 0 Å². The van der Waals surface area contributed by atoms with E-state index >= 15 is 0 Å².